The molecule has 0 aliphatic heterocycles. The topological polar surface area (TPSA) is 43.7 Å². The van der Waals surface area contributed by atoms with Gasteiger partial charge in [0.05, 0.1) is 18.8 Å². The highest BCUT2D eigenvalue weighted by molar-refractivity contribution is 4.74. The Bertz CT molecular complexity index is 234. The van der Waals surface area contributed by atoms with E-state index in [0.717, 1.165) is 12.8 Å². The molecule has 2 atom stereocenters. The Labute approximate surface area is 145 Å². The summed E-state index contributed by atoms with van der Waals surface area (Å²) < 4.78 is 0. The van der Waals surface area contributed by atoms with Gasteiger partial charge in [-0.15, -0.1) is 0 Å². The standard InChI is InChI=1S/C20H43NO2/c1-4-5-6-7-8-9-10-11-12-13-14-15-16-17-20(23)19(18-22)21(2)3/h19-20,22-23H,4-18H2,1-3H3/t19-,20+/m0/s1. The molecule has 0 radical (unpaired) electrons. The third kappa shape index (κ3) is 14.0. The summed E-state index contributed by atoms with van der Waals surface area (Å²) in [6.07, 6.45) is 17.9. The smallest absolute Gasteiger partial charge is 0.0717 e. The maximum Gasteiger partial charge on any atom is 0.0717 e. The summed E-state index contributed by atoms with van der Waals surface area (Å²) in [4.78, 5) is 1.91. The Morgan fingerprint density at radius 2 is 1.09 bits per heavy atom. The second-order valence-corrected chi connectivity index (χ2v) is 7.31. The van der Waals surface area contributed by atoms with Crippen molar-refractivity contribution in [3.63, 3.8) is 0 Å². The summed E-state index contributed by atoms with van der Waals surface area (Å²) >= 11 is 0. The lowest BCUT2D eigenvalue weighted by molar-refractivity contribution is 0.0333. The maximum absolute atomic E-state index is 10.1. The van der Waals surface area contributed by atoms with E-state index in [0.29, 0.717) is 0 Å². The lowest BCUT2D eigenvalue weighted by Crippen LogP contribution is -2.41. The molecule has 3 nitrogen and oxygen atoms in total. The molecule has 0 amide bonds. The van der Waals surface area contributed by atoms with Crippen LogP contribution >= 0.6 is 0 Å². The molecule has 0 saturated heterocycles. The van der Waals surface area contributed by atoms with E-state index in [1.165, 1.54) is 77.0 Å². The highest BCUT2D eigenvalue weighted by atomic mass is 16.3. The van der Waals surface area contributed by atoms with Crippen molar-refractivity contribution in [3.8, 4) is 0 Å². The van der Waals surface area contributed by atoms with Crippen LogP contribution in [0.1, 0.15) is 96.8 Å². The molecule has 0 fully saturated rings. The monoisotopic (exact) mass is 329 g/mol. The predicted octanol–water partition coefficient (Wildman–Crippen LogP) is 4.75. The van der Waals surface area contributed by atoms with Crippen molar-refractivity contribution in [2.75, 3.05) is 20.7 Å². The number of hydrogen-bond donors (Lipinski definition) is 2. The Morgan fingerprint density at radius 3 is 1.43 bits per heavy atom. The van der Waals surface area contributed by atoms with Gasteiger partial charge in [0.1, 0.15) is 0 Å². The van der Waals surface area contributed by atoms with Crippen LogP contribution in [0.2, 0.25) is 0 Å². The van der Waals surface area contributed by atoms with Crippen molar-refractivity contribution in [3.05, 3.63) is 0 Å². The van der Waals surface area contributed by atoms with Gasteiger partial charge in [0.2, 0.25) is 0 Å². The van der Waals surface area contributed by atoms with Gasteiger partial charge in [-0.1, -0.05) is 90.4 Å². The number of aliphatic hydroxyl groups is 2. The molecule has 23 heavy (non-hydrogen) atoms. The molecule has 0 bridgehead atoms. The van der Waals surface area contributed by atoms with E-state index in [2.05, 4.69) is 6.92 Å². The molecule has 0 saturated carbocycles. The quantitative estimate of drug-likeness (QED) is 0.378. The summed E-state index contributed by atoms with van der Waals surface area (Å²) in [6.45, 7) is 2.31. The summed E-state index contributed by atoms with van der Waals surface area (Å²) in [5.41, 5.74) is 0. The van der Waals surface area contributed by atoms with Crippen LogP contribution in [0.4, 0.5) is 0 Å². The molecule has 2 N–H and O–H groups in total. The van der Waals surface area contributed by atoms with Crippen LogP contribution in [-0.4, -0.2) is 48.0 Å². The van der Waals surface area contributed by atoms with Crippen LogP contribution < -0.4 is 0 Å². The average Bonchev–Trinajstić information content (AvgIpc) is 2.52. The second kappa shape index (κ2) is 16.7. The number of likely N-dealkylation sites (N-methyl/N-ethyl adjacent to an activating group) is 1. The van der Waals surface area contributed by atoms with Crippen LogP contribution in [0.15, 0.2) is 0 Å². The number of nitrogens with zero attached hydrogens (tertiary/aromatic N) is 1. The first-order chi connectivity index (χ1) is 11.1. The minimum Gasteiger partial charge on any atom is -0.395 e. The first kappa shape index (κ1) is 22.9. The number of unbranched alkanes of at least 4 members (excludes halogenated alkanes) is 12. The summed E-state index contributed by atoms with van der Waals surface area (Å²) in [5, 5.41) is 19.3. The van der Waals surface area contributed by atoms with Gasteiger partial charge in [-0.25, -0.2) is 0 Å². The molecule has 0 aliphatic rings. The summed E-state index contributed by atoms with van der Waals surface area (Å²) in [5.74, 6) is 0. The van der Waals surface area contributed by atoms with Gasteiger partial charge in [0.15, 0.2) is 0 Å². The fourth-order valence-corrected chi connectivity index (χ4v) is 3.19. The van der Waals surface area contributed by atoms with Crippen LogP contribution in [-0.2, 0) is 0 Å². The van der Waals surface area contributed by atoms with Gasteiger partial charge in [0.25, 0.3) is 0 Å². The molecule has 0 aromatic rings. The number of aliphatic hydroxyl groups excluding tert-OH is 2. The molecule has 0 rings (SSSR count). The third-order valence-electron chi connectivity index (χ3n) is 4.90. The van der Waals surface area contributed by atoms with Gasteiger partial charge < -0.3 is 15.1 Å². The lowest BCUT2D eigenvalue weighted by atomic mass is 10.0. The fourth-order valence-electron chi connectivity index (χ4n) is 3.19. The Morgan fingerprint density at radius 1 is 0.696 bits per heavy atom. The fraction of sp³-hybridized carbons (Fsp3) is 1.00. The van der Waals surface area contributed by atoms with Crippen molar-refractivity contribution < 1.29 is 10.2 Å². The molecule has 0 heterocycles. The largest absolute Gasteiger partial charge is 0.395 e. The Kier molecular flexibility index (Phi) is 16.6. The van der Waals surface area contributed by atoms with Crippen molar-refractivity contribution in [1.82, 2.24) is 4.90 Å². The van der Waals surface area contributed by atoms with E-state index in [1.54, 1.807) is 0 Å². The molecular weight excluding hydrogens is 286 g/mol. The maximum atomic E-state index is 10.1. The zero-order valence-corrected chi connectivity index (χ0v) is 16.1. The minimum absolute atomic E-state index is 0.0343. The van der Waals surface area contributed by atoms with Gasteiger partial charge in [-0.2, -0.15) is 0 Å². The van der Waals surface area contributed by atoms with Gasteiger partial charge in [-0.05, 0) is 20.5 Å². The van der Waals surface area contributed by atoms with E-state index in [-0.39, 0.29) is 12.6 Å². The zero-order chi connectivity index (χ0) is 17.3. The molecule has 0 aliphatic carbocycles. The zero-order valence-electron chi connectivity index (χ0n) is 16.1. The number of hydrogen-bond acceptors (Lipinski definition) is 3. The lowest BCUT2D eigenvalue weighted by Gasteiger charge is -2.27. The van der Waals surface area contributed by atoms with E-state index < -0.39 is 6.10 Å². The second-order valence-electron chi connectivity index (χ2n) is 7.31. The van der Waals surface area contributed by atoms with E-state index in [4.69, 9.17) is 0 Å². The van der Waals surface area contributed by atoms with Gasteiger partial charge >= 0.3 is 0 Å². The Balaban J connectivity index is 3.27. The molecule has 3 heteroatoms. The van der Waals surface area contributed by atoms with Crippen LogP contribution in [0.5, 0.6) is 0 Å². The van der Waals surface area contributed by atoms with E-state index in [1.807, 2.05) is 19.0 Å². The third-order valence-corrected chi connectivity index (χ3v) is 4.90. The number of rotatable bonds is 17. The normalized spacial score (nSPS) is 14.3. The highest BCUT2D eigenvalue weighted by Crippen LogP contribution is 2.14. The highest BCUT2D eigenvalue weighted by Gasteiger charge is 2.19. The van der Waals surface area contributed by atoms with Crippen molar-refractivity contribution in [2.45, 2.75) is 109 Å². The SMILES string of the molecule is CCCCCCCCCCCCCCC[C@@H](O)[C@H](CO)N(C)C. The Hall–Kier alpha value is -0.120. The van der Waals surface area contributed by atoms with Gasteiger partial charge in [0, 0.05) is 0 Å². The van der Waals surface area contributed by atoms with Crippen LogP contribution in [0.25, 0.3) is 0 Å². The molecular formula is C20H43NO2. The van der Waals surface area contributed by atoms with Crippen molar-refractivity contribution in [1.29, 1.82) is 0 Å². The summed E-state index contributed by atoms with van der Waals surface area (Å²) in [7, 11) is 3.82. The average molecular weight is 330 g/mol. The molecule has 140 valence electrons. The van der Waals surface area contributed by atoms with E-state index >= 15 is 0 Å². The van der Waals surface area contributed by atoms with Crippen molar-refractivity contribution >= 4 is 0 Å². The molecule has 0 unspecified atom stereocenters. The first-order valence-corrected chi connectivity index (χ1v) is 10.1. The van der Waals surface area contributed by atoms with Crippen LogP contribution in [0, 0.1) is 0 Å². The summed E-state index contributed by atoms with van der Waals surface area (Å²) in [6, 6.07) is -0.118. The minimum atomic E-state index is -0.400. The molecule has 0 aromatic carbocycles. The first-order valence-electron chi connectivity index (χ1n) is 10.1. The van der Waals surface area contributed by atoms with Gasteiger partial charge in [-0.3, -0.25) is 0 Å². The predicted molar refractivity (Wildman–Crippen MR) is 101 cm³/mol. The molecule has 0 aromatic heterocycles. The molecule has 0 spiro atoms. The van der Waals surface area contributed by atoms with E-state index in [9.17, 15) is 10.2 Å². The van der Waals surface area contributed by atoms with Crippen LogP contribution in [0.3, 0.4) is 0 Å². The van der Waals surface area contributed by atoms with Crippen molar-refractivity contribution in [2.24, 2.45) is 0 Å².